The van der Waals surface area contributed by atoms with Crippen LogP contribution in [0.3, 0.4) is 0 Å². The Labute approximate surface area is 167 Å². The van der Waals surface area contributed by atoms with Gasteiger partial charge in [-0.25, -0.2) is 4.68 Å². The van der Waals surface area contributed by atoms with Crippen LogP contribution in [0.4, 0.5) is 5.69 Å². The summed E-state index contributed by atoms with van der Waals surface area (Å²) < 4.78 is 7.24. The molecule has 152 valence electrons. The first-order valence-corrected chi connectivity index (χ1v) is 9.70. The molecule has 0 N–H and O–H groups in total. The summed E-state index contributed by atoms with van der Waals surface area (Å²) in [4.78, 5) is 10.5. The molecule has 2 aromatic carbocycles. The molecule has 6 heteroatoms. The normalized spacial score (nSPS) is 8.79. The Bertz CT molecular complexity index is 786. The number of ether oxygens (including phenoxy) is 1. The van der Waals surface area contributed by atoms with Crippen LogP contribution >= 0.6 is 0 Å². The summed E-state index contributed by atoms with van der Waals surface area (Å²) in [6, 6.07) is 17.9. The van der Waals surface area contributed by atoms with Crippen LogP contribution in [0.5, 0.6) is 5.88 Å². The van der Waals surface area contributed by atoms with Crippen LogP contribution in [0.2, 0.25) is 0 Å². The van der Waals surface area contributed by atoms with E-state index < -0.39 is 4.92 Å². The molecular formula is C22H31N3O3. The molecule has 0 aliphatic heterocycles. The van der Waals surface area contributed by atoms with E-state index in [4.69, 9.17) is 4.74 Å². The molecule has 0 bridgehead atoms. The van der Waals surface area contributed by atoms with Crippen LogP contribution in [0.25, 0.3) is 5.69 Å². The van der Waals surface area contributed by atoms with Crippen LogP contribution in [-0.2, 0) is 6.61 Å². The van der Waals surface area contributed by atoms with E-state index in [1.54, 1.807) is 35.1 Å². The molecule has 0 atom stereocenters. The van der Waals surface area contributed by atoms with Gasteiger partial charge in [-0.05, 0) is 18.2 Å². The minimum Gasteiger partial charge on any atom is -0.471 e. The summed E-state index contributed by atoms with van der Waals surface area (Å²) in [6.07, 6.45) is 1.78. The highest BCUT2D eigenvalue weighted by molar-refractivity contribution is 5.39. The molecule has 0 fully saturated rings. The second-order valence-electron chi connectivity index (χ2n) is 4.61. The van der Waals surface area contributed by atoms with Gasteiger partial charge in [-0.3, -0.25) is 10.1 Å². The van der Waals surface area contributed by atoms with E-state index in [2.05, 4.69) is 5.10 Å². The van der Waals surface area contributed by atoms with Crippen LogP contribution in [-0.4, -0.2) is 14.7 Å². The Hall–Kier alpha value is -3.15. The van der Waals surface area contributed by atoms with Gasteiger partial charge < -0.3 is 4.74 Å². The number of hydrogen-bond acceptors (Lipinski definition) is 4. The lowest BCUT2D eigenvalue weighted by Gasteiger charge is -2.04. The molecule has 28 heavy (non-hydrogen) atoms. The summed E-state index contributed by atoms with van der Waals surface area (Å²) in [7, 11) is 0. The molecular weight excluding hydrogens is 354 g/mol. The lowest BCUT2D eigenvalue weighted by molar-refractivity contribution is -0.385. The number of benzene rings is 2. The second-order valence-corrected chi connectivity index (χ2v) is 4.61. The van der Waals surface area contributed by atoms with Gasteiger partial charge in [0.25, 0.3) is 5.69 Å². The molecule has 0 spiro atoms. The van der Waals surface area contributed by atoms with Gasteiger partial charge in [-0.1, -0.05) is 71.9 Å². The first kappa shape index (κ1) is 24.8. The highest BCUT2D eigenvalue weighted by Crippen LogP contribution is 2.20. The van der Waals surface area contributed by atoms with Crippen molar-refractivity contribution in [2.45, 2.75) is 48.1 Å². The first-order chi connectivity index (χ1) is 13.7. The van der Waals surface area contributed by atoms with E-state index >= 15 is 0 Å². The number of rotatable bonds is 5. The van der Waals surface area contributed by atoms with Crippen LogP contribution in [0.1, 0.15) is 47.1 Å². The minimum absolute atomic E-state index is 0.0463. The molecule has 0 unspecified atom stereocenters. The van der Waals surface area contributed by atoms with Gasteiger partial charge in [0.1, 0.15) is 6.61 Å². The maximum Gasteiger partial charge on any atom is 0.276 e. The molecule has 1 aromatic heterocycles. The largest absolute Gasteiger partial charge is 0.471 e. The van der Waals surface area contributed by atoms with Crippen molar-refractivity contribution in [2.75, 3.05) is 0 Å². The molecule has 1 heterocycles. The molecule has 0 aliphatic rings. The molecule has 0 amide bonds. The van der Waals surface area contributed by atoms with Crippen molar-refractivity contribution < 1.29 is 9.66 Å². The van der Waals surface area contributed by atoms with E-state index in [-0.39, 0.29) is 12.3 Å². The van der Waals surface area contributed by atoms with Crippen molar-refractivity contribution in [3.63, 3.8) is 0 Å². The highest BCUT2D eigenvalue weighted by atomic mass is 16.6. The van der Waals surface area contributed by atoms with E-state index in [1.165, 1.54) is 6.07 Å². The maximum absolute atomic E-state index is 11.0. The lowest BCUT2D eigenvalue weighted by atomic mass is 10.2. The molecule has 6 nitrogen and oxygen atoms in total. The zero-order chi connectivity index (χ0) is 21.4. The minimum atomic E-state index is -0.415. The molecule has 0 saturated heterocycles. The van der Waals surface area contributed by atoms with E-state index in [1.807, 2.05) is 71.9 Å². The number of nitrogens with zero attached hydrogens (tertiary/aromatic N) is 3. The Morgan fingerprint density at radius 1 is 0.893 bits per heavy atom. The summed E-state index contributed by atoms with van der Waals surface area (Å²) in [6.45, 7) is 12.1. The second kappa shape index (κ2) is 15.0. The summed E-state index contributed by atoms with van der Waals surface area (Å²) in [5, 5.41) is 15.2. The van der Waals surface area contributed by atoms with Gasteiger partial charge in [-0.15, -0.1) is 5.10 Å². The summed E-state index contributed by atoms with van der Waals surface area (Å²) in [5.41, 5.74) is 1.48. The Morgan fingerprint density at radius 3 is 2.07 bits per heavy atom. The van der Waals surface area contributed by atoms with E-state index in [9.17, 15) is 10.1 Å². The van der Waals surface area contributed by atoms with E-state index in [0.29, 0.717) is 11.4 Å². The number of nitro groups is 1. The van der Waals surface area contributed by atoms with Crippen LogP contribution in [0, 0.1) is 10.1 Å². The van der Waals surface area contributed by atoms with Gasteiger partial charge in [0.15, 0.2) is 0 Å². The maximum atomic E-state index is 11.0. The average molecular weight is 386 g/mol. The summed E-state index contributed by atoms with van der Waals surface area (Å²) >= 11 is 0. The topological polar surface area (TPSA) is 70.2 Å². The third-order valence-corrected chi connectivity index (χ3v) is 3.15. The van der Waals surface area contributed by atoms with Crippen molar-refractivity contribution in [1.82, 2.24) is 9.78 Å². The summed E-state index contributed by atoms with van der Waals surface area (Å²) in [5.74, 6) is 0.419. The molecule has 0 saturated carbocycles. The molecule has 0 aliphatic carbocycles. The third kappa shape index (κ3) is 7.61. The first-order valence-electron chi connectivity index (χ1n) is 9.70. The van der Waals surface area contributed by atoms with Gasteiger partial charge in [0, 0.05) is 18.3 Å². The number of nitro benzene ring substituents is 1. The van der Waals surface area contributed by atoms with Gasteiger partial charge >= 0.3 is 0 Å². The van der Waals surface area contributed by atoms with Crippen molar-refractivity contribution in [1.29, 1.82) is 0 Å². The lowest BCUT2D eigenvalue weighted by Crippen LogP contribution is -2.01. The monoisotopic (exact) mass is 385 g/mol. The SMILES string of the molecule is CC.CC.CC.O=[N+]([O-])c1ccccc1COc1ccn(-c2ccccc2)n1. The number of para-hydroxylation sites is 2. The Morgan fingerprint density at radius 2 is 1.46 bits per heavy atom. The fourth-order valence-corrected chi connectivity index (χ4v) is 2.07. The predicted molar refractivity (Wildman–Crippen MR) is 115 cm³/mol. The van der Waals surface area contributed by atoms with Gasteiger partial charge in [0.2, 0.25) is 5.88 Å². The third-order valence-electron chi connectivity index (χ3n) is 3.15. The molecule has 0 radical (unpaired) electrons. The molecule has 3 aromatic rings. The Kier molecular flexibility index (Phi) is 13.3. The fourth-order valence-electron chi connectivity index (χ4n) is 2.07. The standard InChI is InChI=1S/C16H13N3O3.3C2H6/c20-19(21)15-9-5-4-6-13(15)12-22-16-10-11-18(17-16)14-7-2-1-3-8-14;3*1-2/h1-11H,12H2;3*1-2H3. The predicted octanol–water partition coefficient (Wildman–Crippen LogP) is 6.44. The van der Waals surface area contributed by atoms with Gasteiger partial charge in [0.05, 0.1) is 16.2 Å². The quantitative estimate of drug-likeness (QED) is 0.374. The highest BCUT2D eigenvalue weighted by Gasteiger charge is 2.13. The number of aromatic nitrogens is 2. The van der Waals surface area contributed by atoms with Crippen molar-refractivity contribution in [3.05, 3.63) is 82.5 Å². The zero-order valence-electron chi connectivity index (χ0n) is 17.6. The van der Waals surface area contributed by atoms with Crippen molar-refractivity contribution in [2.24, 2.45) is 0 Å². The average Bonchev–Trinajstić information content (AvgIpc) is 3.26. The van der Waals surface area contributed by atoms with Crippen LogP contribution < -0.4 is 4.74 Å². The Balaban J connectivity index is 0.00000111. The van der Waals surface area contributed by atoms with Crippen molar-refractivity contribution >= 4 is 5.69 Å². The van der Waals surface area contributed by atoms with Crippen molar-refractivity contribution in [3.8, 4) is 11.6 Å². The fraction of sp³-hybridized carbons (Fsp3) is 0.318. The smallest absolute Gasteiger partial charge is 0.276 e. The van der Waals surface area contributed by atoms with Crippen LogP contribution in [0.15, 0.2) is 66.9 Å². The van der Waals surface area contributed by atoms with E-state index in [0.717, 1.165) is 5.69 Å². The molecule has 3 rings (SSSR count). The number of hydrogen-bond donors (Lipinski definition) is 0. The van der Waals surface area contributed by atoms with Gasteiger partial charge in [-0.2, -0.15) is 0 Å². The zero-order valence-corrected chi connectivity index (χ0v) is 17.6.